The van der Waals surface area contributed by atoms with Crippen LogP contribution in [0.25, 0.3) is 0 Å². The molecule has 3 N–H and O–H groups in total. The minimum absolute atomic E-state index is 0.0266. The Balaban J connectivity index is 2.26. The number of likely N-dealkylation sites (N-methyl/N-ethyl adjacent to an activating group) is 1. The molecule has 38 heavy (non-hydrogen) atoms. The first kappa shape index (κ1) is 30.4. The van der Waals surface area contributed by atoms with Crippen molar-refractivity contribution in [1.82, 2.24) is 14.9 Å². The Kier molecular flexibility index (Phi) is 10.5. The van der Waals surface area contributed by atoms with Gasteiger partial charge in [0, 0.05) is 13.5 Å². The van der Waals surface area contributed by atoms with E-state index in [9.17, 15) is 33.9 Å². The first-order chi connectivity index (χ1) is 17.8. The molecule has 5 amide bonds. The number of imide groups is 2. The number of benzene rings is 1. The van der Waals surface area contributed by atoms with Crippen LogP contribution in [-0.4, -0.2) is 93.7 Å². The minimum Gasteiger partial charge on any atom is -0.464 e. The molecule has 1 aromatic carbocycles. The molecule has 0 spiro atoms. The van der Waals surface area contributed by atoms with Crippen molar-refractivity contribution in [2.45, 2.75) is 64.8 Å². The Morgan fingerprint density at radius 2 is 1.63 bits per heavy atom. The fourth-order valence-electron chi connectivity index (χ4n) is 3.67. The second kappa shape index (κ2) is 13.1. The summed E-state index contributed by atoms with van der Waals surface area (Å²) in [4.78, 5) is 76.9. The zero-order chi connectivity index (χ0) is 28.7. The molecule has 4 atom stereocenters. The second-order valence-electron chi connectivity index (χ2n) is 9.06. The van der Waals surface area contributed by atoms with Crippen molar-refractivity contribution in [2.75, 3.05) is 13.7 Å². The van der Waals surface area contributed by atoms with Gasteiger partial charge in [0.2, 0.25) is 11.8 Å². The van der Waals surface area contributed by atoms with Crippen molar-refractivity contribution >= 4 is 35.7 Å². The lowest BCUT2D eigenvalue weighted by Gasteiger charge is -2.34. The van der Waals surface area contributed by atoms with Crippen LogP contribution in [0.15, 0.2) is 30.3 Å². The van der Waals surface area contributed by atoms with Gasteiger partial charge in [0.25, 0.3) is 11.8 Å². The van der Waals surface area contributed by atoms with Crippen molar-refractivity contribution in [3.05, 3.63) is 35.9 Å². The molecule has 1 aliphatic heterocycles. The van der Waals surface area contributed by atoms with E-state index in [0.717, 1.165) is 12.6 Å². The van der Waals surface area contributed by atoms with Crippen LogP contribution in [0.1, 0.15) is 39.7 Å². The maximum atomic E-state index is 13.3. The lowest BCUT2D eigenvalue weighted by Crippen LogP contribution is -2.60. The molecular weight excluding hydrogens is 500 g/mol. The molecule has 0 unspecified atom stereocenters. The van der Waals surface area contributed by atoms with Crippen molar-refractivity contribution in [3.63, 3.8) is 0 Å². The molecule has 1 aliphatic rings. The molecule has 1 saturated heterocycles. The molecule has 0 bridgehead atoms. The quantitative estimate of drug-likeness (QED) is 0.244. The number of carbonyl (C=O) groups is 6. The number of hydrogen-bond donors (Lipinski definition) is 2. The Bertz CT molecular complexity index is 1060. The Hall–Kier alpha value is -3.84. The fourth-order valence-corrected chi connectivity index (χ4v) is 3.67. The molecule has 208 valence electrons. The molecule has 1 fully saturated rings. The van der Waals surface area contributed by atoms with E-state index in [1.54, 1.807) is 32.9 Å². The summed E-state index contributed by atoms with van der Waals surface area (Å²) in [6, 6.07) is 6.41. The average Bonchev–Trinajstić information content (AvgIpc) is 3.68. The first-order valence-corrected chi connectivity index (χ1v) is 12.1. The van der Waals surface area contributed by atoms with Crippen molar-refractivity contribution < 1.29 is 43.3 Å². The summed E-state index contributed by atoms with van der Waals surface area (Å²) in [5.74, 6) is -4.96. The van der Waals surface area contributed by atoms with Gasteiger partial charge in [-0.25, -0.2) is 14.6 Å². The van der Waals surface area contributed by atoms with E-state index in [-0.39, 0.29) is 30.4 Å². The van der Waals surface area contributed by atoms with E-state index in [2.05, 4.69) is 0 Å². The highest BCUT2D eigenvalue weighted by Crippen LogP contribution is 2.26. The van der Waals surface area contributed by atoms with Crippen LogP contribution < -0.4 is 5.73 Å². The molecule has 0 aliphatic carbocycles. The van der Waals surface area contributed by atoms with Gasteiger partial charge >= 0.3 is 12.1 Å². The number of epoxide rings is 1. The molecule has 1 aromatic rings. The molecule has 13 heteroatoms. The molecule has 13 nitrogen and oxygen atoms in total. The fraction of sp³-hybridized carbons (Fsp3) is 0.520. The summed E-state index contributed by atoms with van der Waals surface area (Å²) in [6.07, 6.45) is -4.43. The standard InChI is InChI=1S/C25H34N4O9/c1-6-37-24(34)20-19(38-20)23(33)29(25(35)36)27(5)21(31)15(4)28(22(32)18(26)14(2)3)17(30)13-12-16-10-8-7-9-11-16/h7-11,14-15,18-20H,6,12-13,26H2,1-5H3,(H,35,36)/t15-,18-,19+,20+/m0/s1. The van der Waals surface area contributed by atoms with E-state index < -0.39 is 60.0 Å². The number of carboxylic acid groups (broad SMARTS) is 1. The lowest BCUT2D eigenvalue weighted by atomic mass is 10.0. The number of carbonyl (C=O) groups excluding carboxylic acids is 5. The molecule has 0 radical (unpaired) electrons. The smallest absolute Gasteiger partial charge is 0.433 e. The Morgan fingerprint density at radius 1 is 1.03 bits per heavy atom. The average molecular weight is 535 g/mol. The molecular formula is C25H34N4O9. The van der Waals surface area contributed by atoms with Gasteiger partial charge in [-0.15, -0.1) is 5.01 Å². The highest BCUT2D eigenvalue weighted by molar-refractivity contribution is 6.04. The number of aryl methyl sites for hydroxylation is 1. The van der Waals surface area contributed by atoms with E-state index >= 15 is 0 Å². The van der Waals surface area contributed by atoms with Crippen LogP contribution in [0, 0.1) is 5.92 Å². The summed E-state index contributed by atoms with van der Waals surface area (Å²) in [6.45, 7) is 6.17. The first-order valence-electron chi connectivity index (χ1n) is 12.1. The molecule has 2 rings (SSSR count). The summed E-state index contributed by atoms with van der Waals surface area (Å²) in [5, 5.41) is 10.2. The number of rotatable bonds is 10. The van der Waals surface area contributed by atoms with Crippen molar-refractivity contribution in [1.29, 1.82) is 0 Å². The van der Waals surface area contributed by atoms with Gasteiger partial charge in [-0.05, 0) is 31.7 Å². The minimum atomic E-state index is -1.83. The summed E-state index contributed by atoms with van der Waals surface area (Å²) in [5.41, 5.74) is 6.84. The third kappa shape index (κ3) is 7.13. The van der Waals surface area contributed by atoms with Crippen LogP contribution in [0.3, 0.4) is 0 Å². The predicted octanol–water partition coefficient (Wildman–Crippen LogP) is 0.557. The highest BCUT2D eigenvalue weighted by Gasteiger charge is 2.55. The van der Waals surface area contributed by atoms with Gasteiger partial charge in [0.15, 0.2) is 12.2 Å². The van der Waals surface area contributed by atoms with Crippen LogP contribution >= 0.6 is 0 Å². The van der Waals surface area contributed by atoms with E-state index in [0.29, 0.717) is 9.91 Å². The van der Waals surface area contributed by atoms with Crippen LogP contribution in [0.4, 0.5) is 4.79 Å². The zero-order valence-electron chi connectivity index (χ0n) is 22.0. The third-order valence-corrected chi connectivity index (χ3v) is 5.99. The maximum Gasteiger partial charge on any atom is 0.433 e. The van der Waals surface area contributed by atoms with Gasteiger partial charge in [-0.1, -0.05) is 44.2 Å². The summed E-state index contributed by atoms with van der Waals surface area (Å²) in [7, 11) is 0.992. The van der Waals surface area contributed by atoms with Crippen LogP contribution in [0.5, 0.6) is 0 Å². The number of nitrogens with zero attached hydrogens (tertiary/aromatic N) is 3. The summed E-state index contributed by atoms with van der Waals surface area (Å²) >= 11 is 0. The van der Waals surface area contributed by atoms with E-state index in [4.69, 9.17) is 15.2 Å². The largest absolute Gasteiger partial charge is 0.464 e. The Labute approximate surface area is 220 Å². The molecule has 1 heterocycles. The van der Waals surface area contributed by atoms with Crippen molar-refractivity contribution in [2.24, 2.45) is 11.7 Å². The van der Waals surface area contributed by atoms with Crippen LogP contribution in [0.2, 0.25) is 0 Å². The Morgan fingerprint density at radius 3 is 2.16 bits per heavy atom. The number of ether oxygens (including phenoxy) is 2. The SMILES string of the molecule is CCOC(=O)[C@@H]1O[C@H]1C(=O)N(C(=O)O)N(C)C(=O)[C@H](C)N(C(=O)CCc1ccccc1)C(=O)[C@@H](N)C(C)C. The number of hydrogen-bond acceptors (Lipinski definition) is 9. The van der Waals surface area contributed by atoms with Gasteiger partial charge in [-0.2, -0.15) is 0 Å². The normalized spacial score (nSPS) is 17.7. The van der Waals surface area contributed by atoms with Gasteiger partial charge < -0.3 is 20.3 Å². The van der Waals surface area contributed by atoms with Crippen molar-refractivity contribution in [3.8, 4) is 0 Å². The lowest BCUT2D eigenvalue weighted by molar-refractivity contribution is -0.165. The topological polar surface area (TPSA) is 180 Å². The van der Waals surface area contributed by atoms with E-state index in [1.807, 2.05) is 18.2 Å². The zero-order valence-corrected chi connectivity index (χ0v) is 22.0. The highest BCUT2D eigenvalue weighted by atomic mass is 16.6. The second-order valence-corrected chi connectivity index (χ2v) is 9.06. The number of esters is 1. The molecule has 0 aromatic heterocycles. The number of hydrazine groups is 1. The van der Waals surface area contributed by atoms with Gasteiger partial charge in [0.1, 0.15) is 6.04 Å². The number of nitrogens with two attached hydrogens (primary N) is 1. The maximum absolute atomic E-state index is 13.3. The van der Waals surface area contributed by atoms with Gasteiger partial charge in [0.05, 0.1) is 12.6 Å². The molecule has 0 saturated carbocycles. The summed E-state index contributed by atoms with van der Waals surface area (Å²) < 4.78 is 9.73. The van der Waals surface area contributed by atoms with Gasteiger partial charge in [-0.3, -0.25) is 24.1 Å². The monoisotopic (exact) mass is 534 g/mol. The third-order valence-electron chi connectivity index (χ3n) is 5.99. The predicted molar refractivity (Wildman–Crippen MR) is 132 cm³/mol. The van der Waals surface area contributed by atoms with E-state index in [1.165, 1.54) is 6.92 Å². The van der Waals surface area contributed by atoms with Crippen LogP contribution in [-0.2, 0) is 39.9 Å². The number of amides is 5.